The minimum absolute atomic E-state index is 0.0186. The minimum atomic E-state index is -1.13. The number of carboxylic acid groups (broad SMARTS) is 3. The average Bonchev–Trinajstić information content (AvgIpc) is 2.83. The topological polar surface area (TPSA) is 199 Å². The molecule has 0 spiro atoms. The third-order valence-electron chi connectivity index (χ3n) is 3.85. The van der Waals surface area contributed by atoms with Gasteiger partial charge >= 0.3 is 23.9 Å². The molecule has 0 saturated carbocycles. The van der Waals surface area contributed by atoms with Crippen LogP contribution in [0.5, 0.6) is 0 Å². The molecule has 0 saturated heterocycles. The van der Waals surface area contributed by atoms with Gasteiger partial charge in [0.15, 0.2) is 0 Å². The van der Waals surface area contributed by atoms with Crippen LogP contribution in [0.3, 0.4) is 0 Å². The lowest BCUT2D eigenvalue weighted by atomic mass is 9.96. The lowest BCUT2D eigenvalue weighted by molar-refractivity contribution is 0.0218. The van der Waals surface area contributed by atoms with Crippen LogP contribution >= 0.6 is 0 Å². The summed E-state index contributed by atoms with van der Waals surface area (Å²) >= 11 is 0. The van der Waals surface area contributed by atoms with Crippen molar-refractivity contribution in [1.29, 1.82) is 0 Å². The Morgan fingerprint density at radius 2 is 1.12 bits per heavy atom. The second kappa shape index (κ2) is 15.1. The van der Waals surface area contributed by atoms with Gasteiger partial charge in [-0.1, -0.05) is 19.9 Å². The standard InChI is InChI=1S/C13H16O5.C8H6O4.C2H6O2/c1-13(2,7-14)8-18-12(17)10-5-3-9(4-6-10)11(15)16;9-7(10)5-2-1-3-6(4-5)8(11)12;3-1-2-4/h3-6,14H,7-8H2,1-2H3,(H,15,16);1-4H,(H,9,10)(H,11,12);3-4H,1-2H2. The van der Waals surface area contributed by atoms with Crippen LogP contribution in [-0.4, -0.2) is 80.9 Å². The summed E-state index contributed by atoms with van der Waals surface area (Å²) in [5.41, 5.74) is -0.128. The number of aliphatic hydroxyl groups excluding tert-OH is 3. The number of aromatic carboxylic acids is 3. The largest absolute Gasteiger partial charge is 0.478 e. The van der Waals surface area contributed by atoms with E-state index in [4.69, 9.17) is 35.4 Å². The van der Waals surface area contributed by atoms with Crippen molar-refractivity contribution < 1.29 is 54.6 Å². The molecule has 0 atom stereocenters. The quantitative estimate of drug-likeness (QED) is 0.300. The van der Waals surface area contributed by atoms with Crippen molar-refractivity contribution in [2.75, 3.05) is 26.4 Å². The van der Waals surface area contributed by atoms with Crippen LogP contribution in [0.25, 0.3) is 0 Å². The third-order valence-corrected chi connectivity index (χ3v) is 3.85. The first kappa shape index (κ1) is 30.2. The van der Waals surface area contributed by atoms with E-state index in [1.807, 2.05) is 0 Å². The minimum Gasteiger partial charge on any atom is -0.478 e. The maximum absolute atomic E-state index is 11.6. The van der Waals surface area contributed by atoms with Crippen LogP contribution in [0.1, 0.15) is 55.3 Å². The zero-order chi connectivity index (χ0) is 26.3. The van der Waals surface area contributed by atoms with Crippen LogP contribution in [0.2, 0.25) is 0 Å². The van der Waals surface area contributed by atoms with Crippen molar-refractivity contribution in [2.45, 2.75) is 13.8 Å². The van der Waals surface area contributed by atoms with Crippen LogP contribution in [-0.2, 0) is 4.74 Å². The van der Waals surface area contributed by atoms with E-state index in [0.717, 1.165) is 6.07 Å². The highest BCUT2D eigenvalue weighted by Crippen LogP contribution is 2.15. The summed E-state index contributed by atoms with van der Waals surface area (Å²) < 4.78 is 5.04. The molecule has 0 unspecified atom stereocenters. The first-order chi connectivity index (χ1) is 15.9. The van der Waals surface area contributed by atoms with Gasteiger partial charge in [0, 0.05) is 5.41 Å². The van der Waals surface area contributed by atoms with Gasteiger partial charge in [0.1, 0.15) is 0 Å². The summed E-state index contributed by atoms with van der Waals surface area (Å²) in [6.07, 6.45) is 0. The summed E-state index contributed by atoms with van der Waals surface area (Å²) in [4.78, 5) is 43.0. The zero-order valence-electron chi connectivity index (χ0n) is 18.7. The molecule has 2 aromatic rings. The first-order valence-corrected chi connectivity index (χ1v) is 9.78. The van der Waals surface area contributed by atoms with Crippen molar-refractivity contribution in [1.82, 2.24) is 0 Å². The maximum Gasteiger partial charge on any atom is 0.338 e. The van der Waals surface area contributed by atoms with Crippen molar-refractivity contribution >= 4 is 23.9 Å². The number of aliphatic hydroxyl groups is 3. The number of carboxylic acids is 3. The number of hydrogen-bond acceptors (Lipinski definition) is 8. The lowest BCUT2D eigenvalue weighted by Crippen LogP contribution is -2.25. The lowest BCUT2D eigenvalue weighted by Gasteiger charge is -2.20. The molecule has 0 radical (unpaired) electrons. The molecular weight excluding hydrogens is 452 g/mol. The molecule has 0 bridgehead atoms. The summed E-state index contributed by atoms with van der Waals surface area (Å²) in [7, 11) is 0. The fraction of sp³-hybridized carbons (Fsp3) is 0.304. The molecule has 186 valence electrons. The molecule has 34 heavy (non-hydrogen) atoms. The Kier molecular flexibility index (Phi) is 13.4. The fourth-order valence-electron chi connectivity index (χ4n) is 1.92. The summed E-state index contributed by atoms with van der Waals surface area (Å²) in [6, 6.07) is 10.7. The van der Waals surface area contributed by atoms with Gasteiger partial charge in [-0.2, -0.15) is 0 Å². The van der Waals surface area contributed by atoms with E-state index in [2.05, 4.69) is 0 Å². The third kappa shape index (κ3) is 11.7. The predicted octanol–water partition coefficient (Wildman–Crippen LogP) is 1.61. The number of rotatable bonds is 8. The summed E-state index contributed by atoms with van der Waals surface area (Å²) in [5.74, 6) is -3.83. The van der Waals surface area contributed by atoms with Crippen molar-refractivity contribution in [3.8, 4) is 0 Å². The molecule has 2 rings (SSSR count). The van der Waals surface area contributed by atoms with E-state index in [9.17, 15) is 19.2 Å². The van der Waals surface area contributed by atoms with E-state index in [-0.39, 0.29) is 48.7 Å². The smallest absolute Gasteiger partial charge is 0.338 e. The molecule has 11 heteroatoms. The number of benzene rings is 2. The molecular formula is C23H28O11. The monoisotopic (exact) mass is 480 g/mol. The van der Waals surface area contributed by atoms with E-state index < -0.39 is 29.3 Å². The summed E-state index contributed by atoms with van der Waals surface area (Å²) in [6.45, 7) is 3.31. The molecule has 6 N–H and O–H groups in total. The Morgan fingerprint density at radius 1 is 0.706 bits per heavy atom. The van der Waals surface area contributed by atoms with Crippen LogP contribution < -0.4 is 0 Å². The highest BCUT2D eigenvalue weighted by Gasteiger charge is 2.19. The van der Waals surface area contributed by atoms with E-state index >= 15 is 0 Å². The number of carbonyl (C=O) groups excluding carboxylic acids is 1. The Morgan fingerprint density at radius 3 is 1.47 bits per heavy atom. The van der Waals surface area contributed by atoms with Crippen molar-refractivity contribution in [3.05, 3.63) is 70.8 Å². The maximum atomic E-state index is 11.6. The molecule has 2 aromatic carbocycles. The highest BCUT2D eigenvalue weighted by atomic mass is 16.5. The van der Waals surface area contributed by atoms with Crippen molar-refractivity contribution in [2.24, 2.45) is 5.41 Å². The molecule has 0 aromatic heterocycles. The van der Waals surface area contributed by atoms with Gasteiger partial charge in [-0.25, -0.2) is 19.2 Å². The van der Waals surface area contributed by atoms with E-state index in [1.54, 1.807) is 13.8 Å². The fourth-order valence-corrected chi connectivity index (χ4v) is 1.92. The van der Waals surface area contributed by atoms with Crippen LogP contribution in [0.4, 0.5) is 0 Å². The first-order valence-electron chi connectivity index (χ1n) is 9.78. The Labute approximate surface area is 195 Å². The number of ether oxygens (including phenoxy) is 1. The second-order valence-electron chi connectivity index (χ2n) is 7.42. The SMILES string of the molecule is CC(C)(CO)COC(=O)c1ccc(C(=O)O)cc1.O=C(O)c1cccc(C(=O)O)c1.OCCO. The van der Waals surface area contributed by atoms with Gasteiger partial charge < -0.3 is 35.4 Å². The zero-order valence-corrected chi connectivity index (χ0v) is 18.7. The Hall–Kier alpha value is -3.80. The highest BCUT2D eigenvalue weighted by molar-refractivity contribution is 5.94. The number of carbonyl (C=O) groups is 4. The van der Waals surface area contributed by atoms with Gasteiger partial charge in [-0.05, 0) is 42.5 Å². The predicted molar refractivity (Wildman–Crippen MR) is 119 cm³/mol. The molecule has 0 aliphatic rings. The molecule has 11 nitrogen and oxygen atoms in total. The molecule has 0 heterocycles. The van der Waals surface area contributed by atoms with Crippen LogP contribution in [0, 0.1) is 5.41 Å². The molecule has 0 amide bonds. The van der Waals surface area contributed by atoms with Gasteiger partial charge in [0.2, 0.25) is 0 Å². The number of esters is 1. The second-order valence-corrected chi connectivity index (χ2v) is 7.42. The molecule has 0 aliphatic carbocycles. The van der Waals surface area contributed by atoms with Gasteiger partial charge in [0.05, 0.1) is 48.7 Å². The average molecular weight is 480 g/mol. The van der Waals surface area contributed by atoms with Gasteiger partial charge in [0.25, 0.3) is 0 Å². The molecule has 0 aliphatic heterocycles. The Bertz CT molecular complexity index is 918. The van der Waals surface area contributed by atoms with E-state index in [1.165, 1.54) is 42.5 Å². The van der Waals surface area contributed by atoms with Crippen LogP contribution in [0.15, 0.2) is 48.5 Å². The summed E-state index contributed by atoms with van der Waals surface area (Å²) in [5, 5.41) is 50.0. The normalized spacial score (nSPS) is 10.0. The van der Waals surface area contributed by atoms with Gasteiger partial charge in [-0.3, -0.25) is 0 Å². The van der Waals surface area contributed by atoms with Crippen molar-refractivity contribution in [3.63, 3.8) is 0 Å². The number of hydrogen-bond donors (Lipinski definition) is 6. The Balaban J connectivity index is 0.000000584. The molecule has 0 fully saturated rings. The van der Waals surface area contributed by atoms with Gasteiger partial charge in [-0.15, -0.1) is 0 Å². The van der Waals surface area contributed by atoms with E-state index in [0.29, 0.717) is 0 Å².